The topological polar surface area (TPSA) is 75.3 Å². The van der Waals surface area contributed by atoms with E-state index in [9.17, 15) is 5.11 Å². The van der Waals surface area contributed by atoms with Gasteiger partial charge in [-0.3, -0.25) is 9.88 Å². The van der Waals surface area contributed by atoms with Crippen LogP contribution in [-0.4, -0.2) is 38.2 Å². The molecule has 3 rings (SSSR count). The van der Waals surface area contributed by atoms with Crippen molar-refractivity contribution in [2.75, 3.05) is 5.73 Å². The van der Waals surface area contributed by atoms with Gasteiger partial charge in [-0.1, -0.05) is 0 Å². The lowest BCUT2D eigenvalue weighted by Gasteiger charge is -2.36. The first kappa shape index (κ1) is 10.9. The molecule has 17 heavy (non-hydrogen) atoms. The fraction of sp³-hybridized carbons (Fsp3) is 0.667. The van der Waals surface area contributed by atoms with Gasteiger partial charge in [-0.2, -0.15) is 0 Å². The summed E-state index contributed by atoms with van der Waals surface area (Å²) < 4.78 is 0. The van der Waals surface area contributed by atoms with Gasteiger partial charge in [0, 0.05) is 18.6 Å². The summed E-state index contributed by atoms with van der Waals surface area (Å²) >= 11 is 0. The summed E-state index contributed by atoms with van der Waals surface area (Å²) in [5.74, 6) is 0.464. The number of nitrogen functional groups attached to an aromatic ring is 1. The van der Waals surface area contributed by atoms with E-state index in [4.69, 9.17) is 5.73 Å². The van der Waals surface area contributed by atoms with Gasteiger partial charge < -0.3 is 10.8 Å². The maximum Gasteiger partial charge on any atom is 0.141 e. The van der Waals surface area contributed by atoms with Crippen molar-refractivity contribution in [2.45, 2.75) is 50.4 Å². The molecule has 92 valence electrons. The highest BCUT2D eigenvalue weighted by Crippen LogP contribution is 2.36. The van der Waals surface area contributed by atoms with E-state index < -0.39 is 0 Å². The third-order valence-electron chi connectivity index (χ3n) is 3.93. The van der Waals surface area contributed by atoms with Gasteiger partial charge in [-0.25, -0.2) is 4.98 Å². The van der Waals surface area contributed by atoms with E-state index in [-0.39, 0.29) is 6.10 Å². The minimum atomic E-state index is -0.110. The fourth-order valence-corrected chi connectivity index (χ4v) is 3.14. The Morgan fingerprint density at radius 2 is 1.94 bits per heavy atom. The number of nitrogens with two attached hydrogens (primary N) is 1. The zero-order valence-electron chi connectivity index (χ0n) is 9.79. The van der Waals surface area contributed by atoms with E-state index in [1.807, 2.05) is 0 Å². The second-order valence-electron chi connectivity index (χ2n) is 5.12. The number of nitrogens with zero attached hydrogens (tertiary/aromatic N) is 3. The van der Waals surface area contributed by atoms with Crippen molar-refractivity contribution in [3.8, 4) is 0 Å². The zero-order chi connectivity index (χ0) is 11.8. The first-order valence-electron chi connectivity index (χ1n) is 6.22. The van der Waals surface area contributed by atoms with Crippen LogP contribution in [0.4, 0.5) is 5.82 Å². The molecule has 2 fully saturated rings. The Bertz CT molecular complexity index is 380. The first-order valence-corrected chi connectivity index (χ1v) is 6.22. The van der Waals surface area contributed by atoms with Crippen LogP contribution in [0.3, 0.4) is 0 Å². The van der Waals surface area contributed by atoms with Gasteiger partial charge in [-0.15, -0.1) is 0 Å². The normalized spacial score (nSPS) is 32.9. The molecule has 0 saturated carbocycles. The molecule has 5 nitrogen and oxygen atoms in total. The molecule has 2 unspecified atom stereocenters. The maximum atomic E-state index is 9.74. The first-order chi connectivity index (χ1) is 8.22. The fourth-order valence-electron chi connectivity index (χ4n) is 3.14. The molecular weight excluding hydrogens is 216 g/mol. The lowest BCUT2D eigenvalue weighted by Crippen LogP contribution is -2.44. The minimum Gasteiger partial charge on any atom is -0.393 e. The molecule has 0 spiro atoms. The molecule has 5 heteroatoms. The number of aromatic nitrogens is 2. The third-order valence-corrected chi connectivity index (χ3v) is 3.93. The van der Waals surface area contributed by atoms with Crippen molar-refractivity contribution >= 4 is 5.82 Å². The van der Waals surface area contributed by atoms with Crippen molar-refractivity contribution < 1.29 is 5.11 Å². The van der Waals surface area contributed by atoms with Crippen molar-refractivity contribution in [3.63, 3.8) is 0 Å². The second-order valence-corrected chi connectivity index (χ2v) is 5.12. The van der Waals surface area contributed by atoms with Gasteiger partial charge in [0.25, 0.3) is 0 Å². The number of aliphatic hydroxyl groups is 1. The minimum absolute atomic E-state index is 0.110. The summed E-state index contributed by atoms with van der Waals surface area (Å²) in [4.78, 5) is 10.8. The van der Waals surface area contributed by atoms with Crippen molar-refractivity contribution in [3.05, 3.63) is 18.1 Å². The van der Waals surface area contributed by atoms with Crippen LogP contribution in [-0.2, 0) is 6.54 Å². The predicted octanol–water partition coefficient (Wildman–Crippen LogP) is 0.546. The summed E-state index contributed by atoms with van der Waals surface area (Å²) in [5.41, 5.74) is 6.49. The molecule has 2 aliphatic heterocycles. The number of hydrogen-bond acceptors (Lipinski definition) is 5. The monoisotopic (exact) mass is 234 g/mol. The average Bonchev–Trinajstić information content (AvgIpc) is 2.56. The standard InChI is InChI=1S/C12H18N4O/c13-12-6-14-8(5-15-12)7-16-9-1-2-10(16)4-11(17)3-9/h5-6,9-11,17H,1-4,7H2,(H2,13,15). The van der Waals surface area contributed by atoms with E-state index >= 15 is 0 Å². The van der Waals surface area contributed by atoms with Crippen LogP contribution in [0.2, 0.25) is 0 Å². The Morgan fingerprint density at radius 1 is 1.24 bits per heavy atom. The van der Waals surface area contributed by atoms with Gasteiger partial charge in [0.15, 0.2) is 0 Å². The molecule has 3 heterocycles. The van der Waals surface area contributed by atoms with Gasteiger partial charge in [-0.05, 0) is 25.7 Å². The number of rotatable bonds is 2. The van der Waals surface area contributed by atoms with E-state index in [0.717, 1.165) is 25.1 Å². The van der Waals surface area contributed by atoms with Crippen LogP contribution >= 0.6 is 0 Å². The Morgan fingerprint density at radius 3 is 2.53 bits per heavy atom. The third kappa shape index (κ3) is 2.12. The molecular formula is C12H18N4O. The predicted molar refractivity (Wildman–Crippen MR) is 64.0 cm³/mol. The van der Waals surface area contributed by atoms with Crippen LogP contribution in [0, 0.1) is 0 Å². The lowest BCUT2D eigenvalue weighted by atomic mass is 10.00. The van der Waals surface area contributed by atoms with E-state index in [0.29, 0.717) is 17.9 Å². The molecule has 0 radical (unpaired) electrons. The highest BCUT2D eigenvalue weighted by Gasteiger charge is 2.39. The smallest absolute Gasteiger partial charge is 0.141 e. The zero-order valence-corrected chi connectivity index (χ0v) is 9.79. The highest BCUT2D eigenvalue weighted by atomic mass is 16.3. The van der Waals surface area contributed by atoms with Gasteiger partial charge in [0.05, 0.1) is 24.2 Å². The summed E-state index contributed by atoms with van der Waals surface area (Å²) in [6.45, 7) is 0.829. The number of aliphatic hydroxyl groups excluding tert-OH is 1. The number of piperidine rings is 1. The molecule has 2 bridgehead atoms. The van der Waals surface area contributed by atoms with Crippen LogP contribution in [0.5, 0.6) is 0 Å². The summed E-state index contributed by atoms with van der Waals surface area (Å²) in [5, 5.41) is 9.74. The van der Waals surface area contributed by atoms with E-state index in [1.165, 1.54) is 12.8 Å². The highest BCUT2D eigenvalue weighted by molar-refractivity contribution is 5.22. The van der Waals surface area contributed by atoms with Crippen LogP contribution in [0.25, 0.3) is 0 Å². The molecule has 1 aromatic rings. The summed E-state index contributed by atoms with van der Waals surface area (Å²) in [6, 6.07) is 1.03. The van der Waals surface area contributed by atoms with Crippen LogP contribution < -0.4 is 5.73 Å². The Kier molecular flexibility index (Phi) is 2.72. The largest absolute Gasteiger partial charge is 0.393 e. The average molecular weight is 234 g/mol. The van der Waals surface area contributed by atoms with Crippen molar-refractivity contribution in [1.29, 1.82) is 0 Å². The van der Waals surface area contributed by atoms with E-state index in [1.54, 1.807) is 12.4 Å². The van der Waals surface area contributed by atoms with Gasteiger partial charge >= 0.3 is 0 Å². The molecule has 1 aromatic heterocycles. The summed E-state index contributed by atoms with van der Waals surface area (Å²) in [6.07, 6.45) is 7.45. The maximum absolute atomic E-state index is 9.74. The van der Waals surface area contributed by atoms with Crippen molar-refractivity contribution in [2.24, 2.45) is 0 Å². The van der Waals surface area contributed by atoms with E-state index in [2.05, 4.69) is 14.9 Å². The van der Waals surface area contributed by atoms with Gasteiger partial charge in [0.2, 0.25) is 0 Å². The number of hydrogen-bond donors (Lipinski definition) is 2. The number of fused-ring (bicyclic) bond motifs is 2. The Labute approximate surface area is 101 Å². The molecule has 0 amide bonds. The second kappa shape index (κ2) is 4.23. The summed E-state index contributed by atoms with van der Waals surface area (Å²) in [7, 11) is 0. The Hall–Kier alpha value is -1.20. The molecule has 0 aromatic carbocycles. The SMILES string of the molecule is Nc1cnc(CN2C3CCC2CC(O)C3)cn1. The molecule has 3 N–H and O–H groups in total. The molecule has 2 aliphatic rings. The number of anilines is 1. The van der Waals surface area contributed by atoms with Crippen LogP contribution in [0.1, 0.15) is 31.4 Å². The molecule has 2 saturated heterocycles. The van der Waals surface area contributed by atoms with Crippen molar-refractivity contribution in [1.82, 2.24) is 14.9 Å². The quantitative estimate of drug-likeness (QED) is 0.781. The molecule has 0 aliphatic carbocycles. The van der Waals surface area contributed by atoms with Gasteiger partial charge in [0.1, 0.15) is 5.82 Å². The Balaban J connectivity index is 1.72. The molecule has 2 atom stereocenters. The van der Waals surface area contributed by atoms with Crippen LogP contribution in [0.15, 0.2) is 12.4 Å². The lowest BCUT2D eigenvalue weighted by molar-refractivity contribution is 0.0303.